The number of aromatic nitrogens is 3. The summed E-state index contributed by atoms with van der Waals surface area (Å²) in [6, 6.07) is 13.9. The summed E-state index contributed by atoms with van der Waals surface area (Å²) < 4.78 is 1.77. The zero-order valence-corrected chi connectivity index (χ0v) is 11.5. The second kappa shape index (κ2) is 4.81. The molecule has 0 aliphatic heterocycles. The molecule has 0 radical (unpaired) electrons. The minimum Gasteiger partial charge on any atom is -0.383 e. The Morgan fingerprint density at radius 2 is 1.75 bits per heavy atom. The molecule has 0 spiro atoms. The first-order valence-corrected chi connectivity index (χ1v) is 6.50. The number of aryl methyl sites for hydroxylation is 1. The minimum atomic E-state index is 0.659. The highest BCUT2D eigenvalue weighted by atomic mass is 15.3. The molecule has 0 saturated heterocycles. The van der Waals surface area contributed by atoms with Crippen LogP contribution >= 0.6 is 0 Å². The Kier molecular flexibility index (Phi) is 2.99. The van der Waals surface area contributed by atoms with E-state index >= 15 is 0 Å². The number of hydrogen-bond acceptors (Lipinski definition) is 3. The summed E-state index contributed by atoms with van der Waals surface area (Å²) >= 11 is 0. The summed E-state index contributed by atoms with van der Waals surface area (Å²) in [5.74, 6) is 0.659. The van der Waals surface area contributed by atoms with E-state index in [1.807, 2.05) is 62.5 Å². The number of pyridine rings is 1. The molecule has 0 aliphatic rings. The molecule has 2 N–H and O–H groups in total. The van der Waals surface area contributed by atoms with Crippen molar-refractivity contribution in [2.75, 3.05) is 5.73 Å². The molecule has 4 nitrogen and oxygen atoms in total. The highest BCUT2D eigenvalue weighted by Gasteiger charge is 2.14. The molecule has 0 unspecified atom stereocenters. The van der Waals surface area contributed by atoms with E-state index in [2.05, 4.69) is 10.1 Å². The van der Waals surface area contributed by atoms with Crippen molar-refractivity contribution >= 4 is 5.82 Å². The third-order valence-corrected chi connectivity index (χ3v) is 3.35. The lowest BCUT2D eigenvalue weighted by Gasteiger charge is -2.02. The van der Waals surface area contributed by atoms with Gasteiger partial charge in [0.2, 0.25) is 0 Å². The number of anilines is 1. The van der Waals surface area contributed by atoms with E-state index < -0.39 is 0 Å². The van der Waals surface area contributed by atoms with Gasteiger partial charge < -0.3 is 5.73 Å². The van der Waals surface area contributed by atoms with Gasteiger partial charge in [0, 0.05) is 23.0 Å². The first kappa shape index (κ1) is 12.4. The Bertz CT molecular complexity index is 727. The molecule has 2 aromatic heterocycles. The maximum absolute atomic E-state index is 6.18. The number of nitrogens with two attached hydrogens (primary N) is 1. The summed E-state index contributed by atoms with van der Waals surface area (Å²) in [6.45, 7) is 3.95. The van der Waals surface area contributed by atoms with E-state index in [-0.39, 0.29) is 0 Å². The minimum absolute atomic E-state index is 0.659. The Hall–Kier alpha value is -2.62. The molecule has 0 amide bonds. The van der Waals surface area contributed by atoms with Gasteiger partial charge in [0.15, 0.2) is 0 Å². The maximum atomic E-state index is 6.18. The van der Waals surface area contributed by atoms with E-state index in [0.717, 1.165) is 28.2 Å². The van der Waals surface area contributed by atoms with Gasteiger partial charge in [0.1, 0.15) is 5.82 Å². The summed E-state index contributed by atoms with van der Waals surface area (Å²) in [7, 11) is 0. The van der Waals surface area contributed by atoms with Gasteiger partial charge in [-0.05, 0) is 38.1 Å². The molecule has 100 valence electrons. The van der Waals surface area contributed by atoms with Crippen LogP contribution in [0.1, 0.15) is 11.3 Å². The van der Waals surface area contributed by atoms with Crippen LogP contribution in [0.5, 0.6) is 0 Å². The van der Waals surface area contributed by atoms with Gasteiger partial charge in [0.05, 0.1) is 11.4 Å². The lowest BCUT2D eigenvalue weighted by molar-refractivity contribution is 0.894. The standard InChI is InChI=1S/C16H16N4/c1-11-8-9-13(10-18-11)15-12(2)16(17)20(19-15)14-6-4-3-5-7-14/h3-10H,17H2,1-2H3. The third-order valence-electron chi connectivity index (χ3n) is 3.35. The molecule has 4 heteroatoms. The highest BCUT2D eigenvalue weighted by Crippen LogP contribution is 2.27. The van der Waals surface area contributed by atoms with Gasteiger partial charge in [-0.2, -0.15) is 5.10 Å². The molecule has 3 rings (SSSR count). The van der Waals surface area contributed by atoms with Crippen molar-refractivity contribution in [3.63, 3.8) is 0 Å². The molecule has 0 aliphatic carbocycles. The average Bonchev–Trinajstić information content (AvgIpc) is 2.77. The molecule has 0 atom stereocenters. The quantitative estimate of drug-likeness (QED) is 0.773. The van der Waals surface area contributed by atoms with Crippen LogP contribution in [-0.2, 0) is 0 Å². The van der Waals surface area contributed by atoms with Gasteiger partial charge in [0.25, 0.3) is 0 Å². The molecule has 1 aromatic carbocycles. The average molecular weight is 264 g/mol. The Morgan fingerprint density at radius 3 is 2.40 bits per heavy atom. The molecule has 3 aromatic rings. The van der Waals surface area contributed by atoms with Crippen molar-refractivity contribution in [3.05, 3.63) is 59.9 Å². The van der Waals surface area contributed by atoms with E-state index in [0.29, 0.717) is 5.82 Å². The zero-order valence-electron chi connectivity index (χ0n) is 11.5. The van der Waals surface area contributed by atoms with Crippen molar-refractivity contribution in [3.8, 4) is 16.9 Å². The number of rotatable bonds is 2. The van der Waals surface area contributed by atoms with Crippen molar-refractivity contribution in [1.29, 1.82) is 0 Å². The number of hydrogen-bond donors (Lipinski definition) is 1. The first-order chi connectivity index (χ1) is 9.66. The first-order valence-electron chi connectivity index (χ1n) is 6.50. The molecular weight excluding hydrogens is 248 g/mol. The van der Waals surface area contributed by atoms with Crippen molar-refractivity contribution in [2.45, 2.75) is 13.8 Å². The smallest absolute Gasteiger partial charge is 0.130 e. The van der Waals surface area contributed by atoms with Crippen molar-refractivity contribution in [1.82, 2.24) is 14.8 Å². The lowest BCUT2D eigenvalue weighted by Crippen LogP contribution is -2.01. The topological polar surface area (TPSA) is 56.7 Å². The van der Waals surface area contributed by atoms with Crippen LogP contribution in [0, 0.1) is 13.8 Å². The molecule has 20 heavy (non-hydrogen) atoms. The maximum Gasteiger partial charge on any atom is 0.130 e. The predicted molar refractivity (Wildman–Crippen MR) is 80.7 cm³/mol. The number of nitrogen functional groups attached to an aromatic ring is 1. The van der Waals surface area contributed by atoms with Gasteiger partial charge in [-0.25, -0.2) is 4.68 Å². The van der Waals surface area contributed by atoms with Crippen LogP contribution < -0.4 is 5.73 Å². The second-order valence-corrected chi connectivity index (χ2v) is 4.79. The van der Waals surface area contributed by atoms with Gasteiger partial charge in [-0.3, -0.25) is 4.98 Å². The highest BCUT2D eigenvalue weighted by molar-refractivity contribution is 5.68. The van der Waals surface area contributed by atoms with Crippen molar-refractivity contribution < 1.29 is 0 Å². The third kappa shape index (κ3) is 2.05. The molecule has 0 fully saturated rings. The fourth-order valence-electron chi connectivity index (χ4n) is 2.16. The SMILES string of the molecule is Cc1ccc(-c2nn(-c3ccccc3)c(N)c2C)cn1. The Labute approximate surface area is 117 Å². The van der Waals surface area contributed by atoms with E-state index in [1.165, 1.54) is 0 Å². The number of benzene rings is 1. The van der Waals surface area contributed by atoms with Crippen LogP contribution in [0.15, 0.2) is 48.7 Å². The number of nitrogens with zero attached hydrogens (tertiary/aromatic N) is 3. The molecule has 0 bridgehead atoms. The van der Waals surface area contributed by atoms with Gasteiger partial charge in [-0.1, -0.05) is 18.2 Å². The Balaban J connectivity index is 2.13. The second-order valence-electron chi connectivity index (χ2n) is 4.79. The molecule has 0 saturated carbocycles. The van der Waals surface area contributed by atoms with Gasteiger partial charge in [-0.15, -0.1) is 0 Å². The van der Waals surface area contributed by atoms with Crippen molar-refractivity contribution in [2.24, 2.45) is 0 Å². The zero-order chi connectivity index (χ0) is 14.1. The predicted octanol–water partition coefficient (Wildman–Crippen LogP) is 3.13. The van der Waals surface area contributed by atoms with Crippen LogP contribution in [-0.4, -0.2) is 14.8 Å². The number of para-hydroxylation sites is 1. The van der Waals surface area contributed by atoms with Crippen LogP contribution in [0.2, 0.25) is 0 Å². The Morgan fingerprint density at radius 1 is 1.00 bits per heavy atom. The lowest BCUT2D eigenvalue weighted by atomic mass is 10.1. The molecular formula is C16H16N4. The van der Waals surface area contributed by atoms with Crippen LogP contribution in [0.3, 0.4) is 0 Å². The van der Waals surface area contributed by atoms with Crippen LogP contribution in [0.4, 0.5) is 5.82 Å². The van der Waals surface area contributed by atoms with E-state index in [1.54, 1.807) is 4.68 Å². The van der Waals surface area contributed by atoms with Crippen LogP contribution in [0.25, 0.3) is 16.9 Å². The summed E-state index contributed by atoms with van der Waals surface area (Å²) in [5, 5.41) is 4.63. The summed E-state index contributed by atoms with van der Waals surface area (Å²) in [4.78, 5) is 4.32. The van der Waals surface area contributed by atoms with Gasteiger partial charge >= 0.3 is 0 Å². The van der Waals surface area contributed by atoms with E-state index in [9.17, 15) is 0 Å². The monoisotopic (exact) mass is 264 g/mol. The largest absolute Gasteiger partial charge is 0.383 e. The fraction of sp³-hybridized carbons (Fsp3) is 0.125. The summed E-state index contributed by atoms with van der Waals surface area (Å²) in [5.41, 5.74) is 11.0. The normalized spacial score (nSPS) is 10.7. The summed E-state index contributed by atoms with van der Waals surface area (Å²) in [6.07, 6.45) is 1.83. The fourth-order valence-corrected chi connectivity index (χ4v) is 2.16. The van der Waals surface area contributed by atoms with E-state index in [4.69, 9.17) is 5.73 Å². The molecule has 2 heterocycles.